The Labute approximate surface area is 184 Å². The monoisotopic (exact) mass is 464 g/mol. The Morgan fingerprint density at radius 3 is 2.78 bits per heavy atom. The van der Waals surface area contributed by atoms with Crippen LogP contribution in [0.5, 0.6) is 0 Å². The number of aromatic nitrogens is 1. The molecule has 2 aliphatic rings. The van der Waals surface area contributed by atoms with Crippen molar-refractivity contribution in [3.05, 3.63) is 64.5 Å². The second-order valence-corrected chi connectivity index (χ2v) is 10.1. The quantitative estimate of drug-likeness (QED) is 0.689. The number of aryl methyl sites for hydroxylation is 1. The van der Waals surface area contributed by atoms with Crippen molar-refractivity contribution in [2.24, 2.45) is 10.7 Å². The highest BCUT2D eigenvalue weighted by Crippen LogP contribution is 2.43. The predicted molar refractivity (Wildman–Crippen MR) is 113 cm³/mol. The molecule has 0 bridgehead atoms. The number of carbonyl (C=O) groups is 1. The van der Waals surface area contributed by atoms with Crippen molar-refractivity contribution in [2.45, 2.75) is 30.6 Å². The van der Waals surface area contributed by atoms with E-state index >= 15 is 4.39 Å². The average molecular weight is 464 g/mol. The molecule has 2 atom stereocenters. The Bertz CT molecular complexity index is 1230. The van der Waals surface area contributed by atoms with Gasteiger partial charge in [0.25, 0.3) is 0 Å². The fourth-order valence-electron chi connectivity index (χ4n) is 4.18. The Hall–Kier alpha value is -2.92. The lowest BCUT2D eigenvalue weighted by molar-refractivity contribution is 0.0360. The number of aliphatic imine (C=N–C) groups is 1. The molecule has 1 unspecified atom stereocenters. The normalized spacial score (nSPS) is 24.6. The number of rotatable bonds is 4. The van der Waals surface area contributed by atoms with Gasteiger partial charge in [0, 0.05) is 31.8 Å². The molecule has 11 heteroatoms. The number of carbonyl (C=O) groups excluding carboxylic acids is 1. The molecule has 2 aliphatic heterocycles. The summed E-state index contributed by atoms with van der Waals surface area (Å²) in [5, 5.41) is -1.09. The van der Waals surface area contributed by atoms with Gasteiger partial charge in [-0.1, -0.05) is 6.07 Å². The number of benzene rings is 1. The third-order valence-corrected chi connectivity index (χ3v) is 8.16. The van der Waals surface area contributed by atoms with E-state index in [4.69, 9.17) is 10.5 Å². The van der Waals surface area contributed by atoms with Crippen LogP contribution in [0.3, 0.4) is 0 Å². The molecule has 1 aromatic heterocycles. The minimum absolute atomic E-state index is 0.0375. The van der Waals surface area contributed by atoms with Gasteiger partial charge in [-0.3, -0.25) is 4.79 Å². The molecule has 0 saturated carbocycles. The molecule has 0 radical (unpaired) electrons. The van der Waals surface area contributed by atoms with Crippen LogP contribution < -0.4 is 5.73 Å². The first-order valence-corrected chi connectivity index (χ1v) is 11.4. The summed E-state index contributed by atoms with van der Waals surface area (Å²) < 4.78 is 61.7. The van der Waals surface area contributed by atoms with Crippen molar-refractivity contribution in [1.82, 2.24) is 9.29 Å². The third-order valence-electron chi connectivity index (χ3n) is 5.86. The van der Waals surface area contributed by atoms with Gasteiger partial charge in [-0.15, -0.1) is 0 Å². The number of nitrogens with zero attached hydrogens (tertiary/aromatic N) is 3. The van der Waals surface area contributed by atoms with E-state index in [1.165, 1.54) is 31.4 Å². The number of sulfonamides is 1. The van der Waals surface area contributed by atoms with Crippen molar-refractivity contribution >= 4 is 21.8 Å². The zero-order valence-corrected chi connectivity index (χ0v) is 18.3. The van der Waals surface area contributed by atoms with Crippen LogP contribution in [-0.4, -0.2) is 55.0 Å². The molecule has 170 valence electrons. The standard InChI is InChI=1S/C21H22F2N4O4S/c1-12-7-16(23)19(25-10-12)17(28)9-13-3-4-15(22)14(8-13)21-11-31-6-5-18(21)32(29,30)27(2)20(24)26-21/h3-4,7-8,10,18H,5-6,9,11H2,1-2H3,(H2,24,26)/t18?,21-/m1/s1. The number of hydrogen-bond acceptors (Lipinski definition) is 7. The summed E-state index contributed by atoms with van der Waals surface area (Å²) in [6.07, 6.45) is 1.23. The summed E-state index contributed by atoms with van der Waals surface area (Å²) in [4.78, 5) is 20.9. The maximum atomic E-state index is 15.0. The molecular weight excluding hydrogens is 442 g/mol. The van der Waals surface area contributed by atoms with Gasteiger partial charge in [-0.2, -0.15) is 0 Å². The molecule has 1 aromatic carbocycles. The minimum Gasteiger partial charge on any atom is -0.378 e. The van der Waals surface area contributed by atoms with Crippen LogP contribution in [0.1, 0.15) is 33.6 Å². The van der Waals surface area contributed by atoms with Crippen LogP contribution in [0.15, 0.2) is 35.5 Å². The van der Waals surface area contributed by atoms with Crippen LogP contribution in [0.4, 0.5) is 8.78 Å². The maximum Gasteiger partial charge on any atom is 0.242 e. The van der Waals surface area contributed by atoms with E-state index in [9.17, 15) is 17.6 Å². The van der Waals surface area contributed by atoms with E-state index in [0.29, 0.717) is 11.1 Å². The SMILES string of the molecule is Cc1cnc(C(=O)Cc2ccc(F)c([C@]34COCCC3S(=O)(=O)N(C)C(N)=N4)c2)c(F)c1. The lowest BCUT2D eigenvalue weighted by atomic mass is 9.83. The lowest BCUT2D eigenvalue weighted by Gasteiger charge is -2.45. The first kappa shape index (κ1) is 22.3. The van der Waals surface area contributed by atoms with Crippen LogP contribution in [0, 0.1) is 18.6 Å². The predicted octanol–water partition coefficient (Wildman–Crippen LogP) is 1.67. The topological polar surface area (TPSA) is 115 Å². The van der Waals surface area contributed by atoms with Crippen molar-refractivity contribution < 1.29 is 26.7 Å². The second-order valence-electron chi connectivity index (χ2n) is 7.99. The van der Waals surface area contributed by atoms with E-state index in [1.54, 1.807) is 6.92 Å². The molecule has 1 saturated heterocycles. The molecule has 4 rings (SSSR count). The molecule has 2 N–H and O–H groups in total. The highest BCUT2D eigenvalue weighted by Gasteiger charge is 2.56. The number of hydrogen-bond donors (Lipinski definition) is 1. The van der Waals surface area contributed by atoms with Crippen LogP contribution >= 0.6 is 0 Å². The van der Waals surface area contributed by atoms with E-state index in [1.807, 2.05) is 0 Å². The smallest absolute Gasteiger partial charge is 0.242 e. The van der Waals surface area contributed by atoms with Crippen molar-refractivity contribution in [1.29, 1.82) is 0 Å². The Morgan fingerprint density at radius 2 is 2.06 bits per heavy atom. The zero-order valence-electron chi connectivity index (χ0n) is 17.5. The number of halogens is 2. The molecule has 3 heterocycles. The molecule has 0 spiro atoms. The Morgan fingerprint density at radius 1 is 1.31 bits per heavy atom. The third kappa shape index (κ3) is 3.55. The molecular formula is C21H22F2N4O4S. The zero-order chi connectivity index (χ0) is 23.3. The molecule has 8 nitrogen and oxygen atoms in total. The second kappa shape index (κ2) is 7.89. The van der Waals surface area contributed by atoms with Gasteiger partial charge in [-0.25, -0.2) is 31.5 Å². The Balaban J connectivity index is 1.77. The molecule has 32 heavy (non-hydrogen) atoms. The highest BCUT2D eigenvalue weighted by molar-refractivity contribution is 7.90. The van der Waals surface area contributed by atoms with Gasteiger partial charge >= 0.3 is 0 Å². The molecule has 0 amide bonds. The van der Waals surface area contributed by atoms with E-state index < -0.39 is 38.2 Å². The number of Topliss-reactive ketones (excluding diaryl/α,β-unsaturated/α-hetero) is 1. The lowest BCUT2D eigenvalue weighted by Crippen LogP contribution is -2.61. The summed E-state index contributed by atoms with van der Waals surface area (Å²) in [6, 6.07) is 5.10. The summed E-state index contributed by atoms with van der Waals surface area (Å²) in [6.45, 7) is 1.64. The van der Waals surface area contributed by atoms with Gasteiger partial charge in [0.05, 0.1) is 6.61 Å². The van der Waals surface area contributed by atoms with Gasteiger partial charge in [0.2, 0.25) is 16.0 Å². The van der Waals surface area contributed by atoms with Crippen molar-refractivity contribution in [3.63, 3.8) is 0 Å². The summed E-state index contributed by atoms with van der Waals surface area (Å²) in [5.74, 6) is -2.31. The van der Waals surface area contributed by atoms with E-state index in [2.05, 4.69) is 9.98 Å². The fourth-order valence-corrected chi connectivity index (χ4v) is 6.00. The number of fused-ring (bicyclic) bond motifs is 1. The maximum absolute atomic E-state index is 15.0. The number of ether oxygens (including phenoxy) is 1. The highest BCUT2D eigenvalue weighted by atomic mass is 32.2. The van der Waals surface area contributed by atoms with Gasteiger partial charge in [0.15, 0.2) is 11.6 Å². The van der Waals surface area contributed by atoms with Gasteiger partial charge in [0.1, 0.15) is 22.3 Å². The minimum atomic E-state index is -3.92. The molecule has 2 aromatic rings. The first-order chi connectivity index (χ1) is 15.1. The largest absolute Gasteiger partial charge is 0.378 e. The summed E-state index contributed by atoms with van der Waals surface area (Å²) in [7, 11) is -2.63. The molecule has 0 aliphatic carbocycles. The van der Waals surface area contributed by atoms with Crippen molar-refractivity contribution in [2.75, 3.05) is 20.3 Å². The van der Waals surface area contributed by atoms with Gasteiger partial charge < -0.3 is 10.5 Å². The Kier molecular flexibility index (Phi) is 5.49. The number of guanidine groups is 1. The van der Waals surface area contributed by atoms with Crippen LogP contribution in [0.2, 0.25) is 0 Å². The van der Waals surface area contributed by atoms with E-state index in [-0.39, 0.29) is 43.3 Å². The van der Waals surface area contributed by atoms with Crippen LogP contribution in [-0.2, 0) is 26.7 Å². The number of ketones is 1. The summed E-state index contributed by atoms with van der Waals surface area (Å²) in [5.41, 5.74) is 4.86. The van der Waals surface area contributed by atoms with Crippen molar-refractivity contribution in [3.8, 4) is 0 Å². The van der Waals surface area contributed by atoms with E-state index in [0.717, 1.165) is 10.4 Å². The van der Waals surface area contributed by atoms with Gasteiger partial charge in [-0.05, 0) is 42.7 Å². The fraction of sp³-hybridized carbons (Fsp3) is 0.381. The molecule has 1 fully saturated rings. The summed E-state index contributed by atoms with van der Waals surface area (Å²) >= 11 is 0. The number of nitrogens with two attached hydrogens (primary N) is 1. The average Bonchev–Trinajstić information content (AvgIpc) is 2.73. The first-order valence-electron chi connectivity index (χ1n) is 9.91. The number of pyridine rings is 1. The van der Waals surface area contributed by atoms with Crippen LogP contribution in [0.25, 0.3) is 0 Å².